The van der Waals surface area contributed by atoms with Crippen LogP contribution in [0.4, 0.5) is 0 Å². The van der Waals surface area contributed by atoms with Crippen LogP contribution in [0.3, 0.4) is 0 Å². The Morgan fingerprint density at radius 2 is 1.88 bits per heavy atom. The van der Waals surface area contributed by atoms with E-state index >= 15 is 0 Å². The number of esters is 1. The average molecular weight is 242 g/mol. The first-order valence-electron chi connectivity index (χ1n) is 4.76. The molecule has 0 heterocycles. The zero-order valence-electron chi connectivity index (χ0n) is 9.26. The van der Waals surface area contributed by atoms with Crippen molar-refractivity contribution in [1.29, 1.82) is 0 Å². The summed E-state index contributed by atoms with van der Waals surface area (Å²) in [6.45, 7) is 0. The lowest BCUT2D eigenvalue weighted by atomic mass is 10.3. The molecule has 1 aromatic carbocycles. The number of benzene rings is 1. The van der Waals surface area contributed by atoms with Crippen LogP contribution < -0.4 is 4.74 Å². The highest BCUT2D eigenvalue weighted by Crippen LogP contribution is 2.14. The lowest BCUT2D eigenvalue weighted by Gasteiger charge is -2.03. The van der Waals surface area contributed by atoms with E-state index in [1.807, 2.05) is 0 Å². The van der Waals surface area contributed by atoms with Crippen LogP contribution in [0.15, 0.2) is 29.2 Å². The van der Waals surface area contributed by atoms with Gasteiger partial charge in [0, 0.05) is 10.6 Å². The van der Waals surface area contributed by atoms with Crippen LogP contribution >= 0.6 is 0 Å². The van der Waals surface area contributed by atoms with Gasteiger partial charge >= 0.3 is 5.97 Å². The number of carbonyl (C=O) groups is 1. The van der Waals surface area contributed by atoms with Crippen LogP contribution in [-0.2, 0) is 20.3 Å². The maximum atomic E-state index is 11.7. The summed E-state index contributed by atoms with van der Waals surface area (Å²) in [5.41, 5.74) is 0. The van der Waals surface area contributed by atoms with Crippen molar-refractivity contribution in [1.82, 2.24) is 0 Å². The van der Waals surface area contributed by atoms with Crippen molar-refractivity contribution in [3.8, 4) is 5.75 Å². The van der Waals surface area contributed by atoms with Crippen LogP contribution in [0.2, 0.25) is 0 Å². The summed E-state index contributed by atoms with van der Waals surface area (Å²) < 4.78 is 21.2. The maximum absolute atomic E-state index is 11.7. The topological polar surface area (TPSA) is 52.6 Å². The van der Waals surface area contributed by atoms with Gasteiger partial charge in [-0.2, -0.15) is 0 Å². The quantitative estimate of drug-likeness (QED) is 0.732. The molecule has 0 radical (unpaired) electrons. The molecular formula is C11H14O4S. The maximum Gasteiger partial charge on any atom is 0.306 e. The summed E-state index contributed by atoms with van der Waals surface area (Å²) in [6, 6.07) is 6.94. The fourth-order valence-corrected chi connectivity index (χ4v) is 2.15. The van der Waals surface area contributed by atoms with Crippen molar-refractivity contribution >= 4 is 16.8 Å². The van der Waals surface area contributed by atoms with E-state index in [1.165, 1.54) is 7.11 Å². The molecule has 0 bridgehead atoms. The van der Waals surface area contributed by atoms with Crippen LogP contribution in [0.25, 0.3) is 0 Å². The Hall–Kier alpha value is -1.36. The first kappa shape index (κ1) is 12.7. The Kier molecular flexibility index (Phi) is 4.98. The van der Waals surface area contributed by atoms with Gasteiger partial charge in [0.1, 0.15) is 5.75 Å². The minimum Gasteiger partial charge on any atom is -0.497 e. The Morgan fingerprint density at radius 3 is 2.38 bits per heavy atom. The van der Waals surface area contributed by atoms with Crippen LogP contribution in [0, 0.1) is 0 Å². The third-order valence-electron chi connectivity index (χ3n) is 2.04. The summed E-state index contributed by atoms with van der Waals surface area (Å²) in [4.78, 5) is 11.6. The first-order valence-corrected chi connectivity index (χ1v) is 6.08. The molecular weight excluding hydrogens is 228 g/mol. The molecule has 0 aliphatic rings. The highest BCUT2D eigenvalue weighted by atomic mass is 32.2. The summed E-state index contributed by atoms with van der Waals surface area (Å²) in [5.74, 6) is 0.648. The van der Waals surface area contributed by atoms with Crippen LogP contribution in [-0.4, -0.2) is 30.2 Å². The summed E-state index contributed by atoms with van der Waals surface area (Å²) in [7, 11) is 1.72. The minimum absolute atomic E-state index is 0.162. The normalized spacial score (nSPS) is 11.9. The van der Waals surface area contributed by atoms with E-state index in [4.69, 9.17) is 4.74 Å². The number of methoxy groups -OCH3 is 2. The lowest BCUT2D eigenvalue weighted by Crippen LogP contribution is -2.07. The van der Waals surface area contributed by atoms with Crippen molar-refractivity contribution in [2.75, 3.05) is 20.0 Å². The molecule has 16 heavy (non-hydrogen) atoms. The third-order valence-corrected chi connectivity index (χ3v) is 3.41. The van der Waals surface area contributed by atoms with E-state index in [0.29, 0.717) is 10.6 Å². The van der Waals surface area contributed by atoms with Crippen molar-refractivity contribution < 1.29 is 18.5 Å². The molecule has 0 amide bonds. The average Bonchev–Trinajstić information content (AvgIpc) is 2.35. The molecule has 0 spiro atoms. The second-order valence-electron chi connectivity index (χ2n) is 3.05. The predicted molar refractivity (Wildman–Crippen MR) is 60.9 cm³/mol. The molecule has 0 N–H and O–H groups in total. The van der Waals surface area contributed by atoms with Gasteiger partial charge in [-0.1, -0.05) is 0 Å². The predicted octanol–water partition coefficient (Wildman–Crippen LogP) is 1.37. The summed E-state index contributed by atoms with van der Waals surface area (Å²) in [5, 5.41) is 0. The van der Waals surface area contributed by atoms with Gasteiger partial charge in [0.2, 0.25) is 0 Å². The van der Waals surface area contributed by atoms with Crippen molar-refractivity contribution in [2.45, 2.75) is 11.3 Å². The van der Waals surface area contributed by atoms with Gasteiger partial charge in [0.15, 0.2) is 0 Å². The molecule has 0 aromatic heterocycles. The van der Waals surface area contributed by atoms with Gasteiger partial charge in [-0.25, -0.2) is 0 Å². The van der Waals surface area contributed by atoms with E-state index in [0.717, 1.165) is 0 Å². The van der Waals surface area contributed by atoms with Gasteiger partial charge in [-0.3, -0.25) is 9.00 Å². The Balaban J connectivity index is 2.56. The molecule has 1 unspecified atom stereocenters. The fraction of sp³-hybridized carbons (Fsp3) is 0.364. The highest BCUT2D eigenvalue weighted by molar-refractivity contribution is 7.85. The van der Waals surface area contributed by atoms with Gasteiger partial charge < -0.3 is 9.47 Å². The number of hydrogen-bond donors (Lipinski definition) is 0. The molecule has 88 valence electrons. The van der Waals surface area contributed by atoms with Gasteiger partial charge in [-0.05, 0) is 24.3 Å². The van der Waals surface area contributed by atoms with Crippen molar-refractivity contribution in [2.24, 2.45) is 0 Å². The van der Waals surface area contributed by atoms with Crippen molar-refractivity contribution in [3.63, 3.8) is 0 Å². The Bertz CT molecular complexity index is 372. The Labute approximate surface area is 97.0 Å². The van der Waals surface area contributed by atoms with E-state index in [2.05, 4.69) is 4.74 Å². The number of ether oxygens (including phenoxy) is 2. The molecule has 1 rings (SSSR count). The lowest BCUT2D eigenvalue weighted by molar-refractivity contribution is -0.140. The van der Waals surface area contributed by atoms with Gasteiger partial charge in [0.05, 0.1) is 31.4 Å². The molecule has 1 atom stereocenters. The van der Waals surface area contributed by atoms with Gasteiger partial charge in [0.25, 0.3) is 0 Å². The molecule has 0 aliphatic carbocycles. The zero-order chi connectivity index (χ0) is 12.0. The van der Waals surface area contributed by atoms with E-state index in [9.17, 15) is 9.00 Å². The highest BCUT2D eigenvalue weighted by Gasteiger charge is 2.07. The van der Waals surface area contributed by atoms with E-state index in [1.54, 1.807) is 31.4 Å². The van der Waals surface area contributed by atoms with Gasteiger partial charge in [-0.15, -0.1) is 0 Å². The SMILES string of the molecule is COC(=O)CCS(=O)c1ccc(OC)cc1. The fourth-order valence-electron chi connectivity index (χ4n) is 1.12. The van der Waals surface area contributed by atoms with Crippen LogP contribution in [0.5, 0.6) is 5.75 Å². The summed E-state index contributed by atoms with van der Waals surface area (Å²) >= 11 is 0. The number of carbonyl (C=O) groups excluding carboxylic acids is 1. The number of hydrogen-bond acceptors (Lipinski definition) is 4. The Morgan fingerprint density at radius 1 is 1.25 bits per heavy atom. The monoisotopic (exact) mass is 242 g/mol. The van der Waals surface area contributed by atoms with Crippen molar-refractivity contribution in [3.05, 3.63) is 24.3 Å². The molecule has 5 heteroatoms. The molecule has 4 nitrogen and oxygen atoms in total. The summed E-state index contributed by atoms with van der Waals surface area (Å²) in [6.07, 6.45) is 0.162. The second kappa shape index (κ2) is 6.27. The van der Waals surface area contributed by atoms with E-state index in [-0.39, 0.29) is 18.1 Å². The largest absolute Gasteiger partial charge is 0.497 e. The molecule has 0 saturated carbocycles. The standard InChI is InChI=1S/C11H14O4S/c1-14-9-3-5-10(6-4-9)16(13)8-7-11(12)15-2/h3-6H,7-8H2,1-2H3. The second-order valence-corrected chi connectivity index (χ2v) is 4.62. The van der Waals surface area contributed by atoms with Crippen LogP contribution in [0.1, 0.15) is 6.42 Å². The minimum atomic E-state index is -1.17. The molecule has 0 saturated heterocycles. The number of rotatable bonds is 5. The van der Waals surface area contributed by atoms with E-state index < -0.39 is 10.8 Å². The zero-order valence-corrected chi connectivity index (χ0v) is 10.1. The molecule has 0 fully saturated rings. The third kappa shape index (κ3) is 3.66. The smallest absolute Gasteiger partial charge is 0.306 e. The first-order chi connectivity index (χ1) is 7.67. The molecule has 0 aliphatic heterocycles. The molecule has 1 aromatic rings.